The lowest BCUT2D eigenvalue weighted by molar-refractivity contribution is -0.384. The van der Waals surface area contributed by atoms with E-state index in [1.54, 1.807) is 0 Å². The fraction of sp³-hybridized carbons (Fsp3) is 0.429. The summed E-state index contributed by atoms with van der Waals surface area (Å²) in [5, 5.41) is 11.1. The van der Waals surface area contributed by atoms with Crippen LogP contribution in [0.1, 0.15) is 0 Å². The number of rotatable bonds is 7. The van der Waals surface area contributed by atoms with Gasteiger partial charge in [-0.15, -0.1) is 0 Å². The quantitative estimate of drug-likeness (QED) is 0.169. The van der Waals surface area contributed by atoms with E-state index in [0.717, 1.165) is 0 Å². The molecule has 1 aromatic carbocycles. The first-order valence-corrected chi connectivity index (χ1v) is 7.79. The molecule has 0 spiro atoms. The Morgan fingerprint density at radius 3 is 1.60 bits per heavy atom. The van der Waals surface area contributed by atoms with E-state index in [1.807, 2.05) is 0 Å². The molecule has 0 radical (unpaired) electrons. The van der Waals surface area contributed by atoms with E-state index in [0.29, 0.717) is 5.32 Å². The molecule has 21 heteroatoms. The Bertz CT molecular complexity index is 1020. The van der Waals surface area contributed by atoms with Crippen LogP contribution in [0.25, 0.3) is 0 Å². The number of non-ortho nitro benzene ring substituents is 1. The number of ether oxygens (including phenoxy) is 1. The molecular formula is C14H4F14N2O5. The molecule has 0 atom stereocenters. The molecule has 0 aliphatic rings. The Morgan fingerprint density at radius 2 is 1.20 bits per heavy atom. The molecule has 1 aromatic rings. The minimum atomic E-state index is -7.12. The predicted octanol–water partition coefficient (Wildman–Crippen LogP) is 5.10. The minimum Gasteiger partial charge on any atom is -0.420 e. The highest BCUT2D eigenvalue weighted by atomic mass is 19.4. The molecule has 0 saturated heterocycles. The summed E-state index contributed by atoms with van der Waals surface area (Å²) < 4.78 is 182. The minimum absolute atomic E-state index is 0.0980. The summed E-state index contributed by atoms with van der Waals surface area (Å²) in [7, 11) is 0. The Labute approximate surface area is 180 Å². The van der Waals surface area contributed by atoms with Gasteiger partial charge in [0.05, 0.1) is 10.6 Å². The molecule has 0 aromatic heterocycles. The number of alkyl halides is 14. The zero-order valence-corrected chi connectivity index (χ0v) is 15.5. The second-order valence-corrected chi connectivity index (χ2v) is 6.07. The lowest BCUT2D eigenvalue weighted by Gasteiger charge is -2.27. The number of hydrogen-bond donors (Lipinski definition) is 1. The van der Waals surface area contributed by atoms with Crippen molar-refractivity contribution in [2.24, 2.45) is 0 Å². The zero-order chi connectivity index (χ0) is 28.0. The maximum Gasteiger partial charge on any atom is 0.460 e. The normalized spacial score (nSPS) is 13.9. The van der Waals surface area contributed by atoms with Crippen LogP contribution in [0.4, 0.5) is 72.8 Å². The van der Waals surface area contributed by atoms with Crippen molar-refractivity contribution in [2.45, 2.75) is 36.0 Å². The molecule has 0 aliphatic heterocycles. The number of esters is 1. The first kappa shape index (κ1) is 29.6. The predicted molar refractivity (Wildman–Crippen MR) is 79.3 cm³/mol. The van der Waals surface area contributed by atoms with Gasteiger partial charge >= 0.3 is 47.9 Å². The lowest BCUT2D eigenvalue weighted by Crippen LogP contribution is -2.58. The van der Waals surface area contributed by atoms with E-state index >= 15 is 0 Å². The van der Waals surface area contributed by atoms with Crippen molar-refractivity contribution < 1.29 is 80.7 Å². The first-order chi connectivity index (χ1) is 15.3. The van der Waals surface area contributed by atoms with Crippen LogP contribution in [0.2, 0.25) is 0 Å². The smallest absolute Gasteiger partial charge is 0.420 e. The zero-order valence-electron chi connectivity index (χ0n) is 15.5. The van der Waals surface area contributed by atoms with Crippen LogP contribution in [0.5, 0.6) is 5.75 Å². The maximum absolute atomic E-state index is 13.4. The number of carbonyl (C=O) groups is 2. The fourth-order valence-corrected chi connectivity index (χ4v) is 1.81. The third-order valence-corrected chi connectivity index (χ3v) is 3.67. The van der Waals surface area contributed by atoms with Gasteiger partial charge in [-0.1, -0.05) is 0 Å². The summed E-state index contributed by atoms with van der Waals surface area (Å²) in [6.07, 6.45) is -14.1. The van der Waals surface area contributed by atoms with Gasteiger partial charge in [-0.3, -0.25) is 14.9 Å². The van der Waals surface area contributed by atoms with E-state index in [-0.39, 0.29) is 18.2 Å². The fourth-order valence-electron chi connectivity index (χ4n) is 1.81. The summed E-state index contributed by atoms with van der Waals surface area (Å²) >= 11 is 0. The number of carbonyl (C=O) groups excluding carboxylic acids is 2. The molecule has 35 heavy (non-hydrogen) atoms. The van der Waals surface area contributed by atoms with Crippen molar-refractivity contribution in [1.82, 2.24) is 0 Å². The van der Waals surface area contributed by atoms with E-state index in [1.165, 1.54) is 0 Å². The van der Waals surface area contributed by atoms with E-state index in [9.17, 15) is 81.2 Å². The van der Waals surface area contributed by atoms with E-state index < -0.39 is 70.0 Å². The van der Waals surface area contributed by atoms with Crippen molar-refractivity contribution >= 4 is 23.3 Å². The maximum atomic E-state index is 13.4. The van der Waals surface area contributed by atoms with E-state index in [2.05, 4.69) is 4.74 Å². The van der Waals surface area contributed by atoms with Gasteiger partial charge < -0.3 is 10.1 Å². The van der Waals surface area contributed by atoms with E-state index in [4.69, 9.17) is 0 Å². The molecule has 1 amide bonds. The Morgan fingerprint density at radius 1 is 0.771 bits per heavy atom. The molecule has 1 rings (SSSR count). The molecule has 0 heterocycles. The number of benzene rings is 1. The third-order valence-electron chi connectivity index (χ3n) is 3.67. The number of halogens is 14. The Hall–Kier alpha value is -3.42. The molecular weight excluding hydrogens is 542 g/mol. The van der Waals surface area contributed by atoms with Gasteiger partial charge in [-0.05, 0) is 6.07 Å². The Kier molecular flexibility index (Phi) is 7.33. The standard InChI is InChI=1S/C14H4F14N2O5/c15-9(16,11(19,20)13(23,24)25)7(31)29-5-3-4(30(33)34)1-2-6(5)35-8(32)10(17,18)12(21,22)14(26,27)28/h1-3H,(H,29,31). The summed E-state index contributed by atoms with van der Waals surface area (Å²) in [5.74, 6) is -37.1. The van der Waals surface area contributed by atoms with Gasteiger partial charge in [0.25, 0.3) is 5.69 Å². The van der Waals surface area contributed by atoms with Crippen molar-refractivity contribution in [3.05, 3.63) is 28.3 Å². The molecule has 0 saturated carbocycles. The van der Waals surface area contributed by atoms with Gasteiger partial charge in [0, 0.05) is 12.1 Å². The van der Waals surface area contributed by atoms with Crippen molar-refractivity contribution in [3.63, 3.8) is 0 Å². The summed E-state index contributed by atoms with van der Waals surface area (Å²) in [6, 6.07) is -0.323. The SMILES string of the molecule is O=C(Nc1cc([N+](=O)[O-])ccc1OC(=O)C(F)(F)C(F)(F)C(F)(F)F)C(F)(F)C(F)(F)C(F)(F)F. The lowest BCUT2D eigenvalue weighted by atomic mass is 10.1. The summed E-state index contributed by atoms with van der Waals surface area (Å²) in [6.45, 7) is 0. The van der Waals surface area contributed by atoms with Crippen LogP contribution in [-0.4, -0.2) is 52.8 Å². The molecule has 198 valence electrons. The number of nitro benzene ring substituents is 1. The Balaban J connectivity index is 3.49. The van der Waals surface area contributed by atoms with Gasteiger partial charge in [0.15, 0.2) is 5.75 Å². The average molecular weight is 546 g/mol. The topological polar surface area (TPSA) is 98.5 Å². The third kappa shape index (κ3) is 5.16. The molecule has 0 aliphatic carbocycles. The summed E-state index contributed by atoms with van der Waals surface area (Å²) in [5.41, 5.74) is -3.32. The number of anilines is 1. The highest BCUT2D eigenvalue weighted by Gasteiger charge is 2.78. The molecule has 0 fully saturated rings. The molecule has 0 unspecified atom stereocenters. The number of nitrogens with zero attached hydrogens (tertiary/aromatic N) is 1. The molecule has 1 N–H and O–H groups in total. The van der Waals surface area contributed by atoms with Crippen molar-refractivity contribution in [3.8, 4) is 5.75 Å². The number of amides is 1. The number of nitro groups is 1. The van der Waals surface area contributed by atoms with Crippen molar-refractivity contribution in [2.75, 3.05) is 5.32 Å². The van der Waals surface area contributed by atoms with Crippen LogP contribution in [0.3, 0.4) is 0 Å². The van der Waals surface area contributed by atoms with Crippen LogP contribution in [-0.2, 0) is 9.59 Å². The highest BCUT2D eigenvalue weighted by molar-refractivity contribution is 5.99. The van der Waals surface area contributed by atoms with Crippen LogP contribution in [0.15, 0.2) is 18.2 Å². The van der Waals surface area contributed by atoms with Crippen LogP contribution in [0, 0.1) is 10.1 Å². The highest BCUT2D eigenvalue weighted by Crippen LogP contribution is 2.49. The largest absolute Gasteiger partial charge is 0.460 e. The number of nitrogens with one attached hydrogen (secondary N) is 1. The van der Waals surface area contributed by atoms with Crippen LogP contribution < -0.4 is 10.1 Å². The average Bonchev–Trinajstić information content (AvgIpc) is 2.66. The summed E-state index contributed by atoms with van der Waals surface area (Å²) in [4.78, 5) is 31.8. The van der Waals surface area contributed by atoms with Gasteiger partial charge in [-0.25, -0.2) is 4.79 Å². The van der Waals surface area contributed by atoms with Crippen LogP contribution >= 0.6 is 0 Å². The second kappa shape index (κ2) is 8.66. The molecule has 0 bridgehead atoms. The van der Waals surface area contributed by atoms with Gasteiger partial charge in [0.2, 0.25) is 0 Å². The van der Waals surface area contributed by atoms with Gasteiger partial charge in [0.1, 0.15) is 0 Å². The second-order valence-electron chi connectivity index (χ2n) is 6.07. The van der Waals surface area contributed by atoms with Gasteiger partial charge in [-0.2, -0.15) is 61.5 Å². The first-order valence-electron chi connectivity index (χ1n) is 7.79. The van der Waals surface area contributed by atoms with Crippen molar-refractivity contribution in [1.29, 1.82) is 0 Å². The monoisotopic (exact) mass is 546 g/mol. The number of hydrogen-bond acceptors (Lipinski definition) is 5. The molecule has 7 nitrogen and oxygen atoms in total.